The van der Waals surface area contributed by atoms with Crippen molar-refractivity contribution in [2.75, 3.05) is 26.4 Å². The van der Waals surface area contributed by atoms with Gasteiger partial charge in [0.2, 0.25) is 0 Å². The first kappa shape index (κ1) is 53.2. The summed E-state index contributed by atoms with van der Waals surface area (Å²) >= 11 is 0. The fourth-order valence-electron chi connectivity index (χ4n) is 14.0. The van der Waals surface area contributed by atoms with E-state index in [2.05, 4.69) is 58.0 Å². The van der Waals surface area contributed by atoms with Crippen molar-refractivity contribution in [1.82, 2.24) is 0 Å². The smallest absolute Gasteiger partial charge is 0.0638 e. The van der Waals surface area contributed by atoms with E-state index < -0.39 is 24.4 Å². The predicted octanol–water partition coefficient (Wildman–Crippen LogP) is 12.8. The summed E-state index contributed by atoms with van der Waals surface area (Å²) in [6.07, 6.45) is 19.8. The maximum absolute atomic E-state index is 10.8. The molecule has 8 unspecified atom stereocenters. The molecule has 6 fully saturated rings. The molecule has 0 aliphatic heterocycles. The lowest BCUT2D eigenvalue weighted by atomic mass is 9.59. The first-order chi connectivity index (χ1) is 32.8. The van der Waals surface area contributed by atoms with Crippen molar-refractivity contribution >= 4 is 0 Å². The van der Waals surface area contributed by atoms with Crippen LogP contribution >= 0.6 is 0 Å². The van der Waals surface area contributed by atoms with E-state index in [1.807, 2.05) is 67.6 Å². The van der Waals surface area contributed by atoms with E-state index in [0.29, 0.717) is 24.0 Å². The summed E-state index contributed by atoms with van der Waals surface area (Å²) in [6, 6.07) is 31.2. The van der Waals surface area contributed by atoms with Gasteiger partial charge in [0.15, 0.2) is 0 Å². The van der Waals surface area contributed by atoms with Gasteiger partial charge in [0.05, 0.1) is 36.6 Å². The molecule has 0 radical (unpaired) electrons. The van der Waals surface area contributed by atoms with E-state index in [-0.39, 0.29) is 22.7 Å². The van der Waals surface area contributed by atoms with E-state index in [1.165, 1.54) is 38.5 Å². The van der Waals surface area contributed by atoms with Gasteiger partial charge in [-0.15, -0.1) is 0 Å². The van der Waals surface area contributed by atoms with Gasteiger partial charge in [0, 0.05) is 38.3 Å². The Labute approximate surface area is 412 Å². The van der Waals surface area contributed by atoms with Crippen LogP contribution in [0, 0.1) is 40.4 Å². The predicted molar refractivity (Wildman–Crippen MR) is 276 cm³/mol. The number of fused-ring (bicyclic) bond motifs is 1. The molecule has 68 heavy (non-hydrogen) atoms. The second-order valence-electron chi connectivity index (χ2n) is 23.4. The number of hydrogen-bond acceptors (Lipinski definition) is 7. The lowest BCUT2D eigenvalue weighted by molar-refractivity contribution is -0.0730. The lowest BCUT2D eigenvalue weighted by Crippen LogP contribution is -2.46. The number of rotatable bonds is 12. The average Bonchev–Trinajstić information content (AvgIpc) is 3.34. The van der Waals surface area contributed by atoms with Crippen LogP contribution in [-0.2, 0) is 14.2 Å². The third-order valence-electron chi connectivity index (χ3n) is 17.8. The molecule has 6 aliphatic rings. The van der Waals surface area contributed by atoms with Gasteiger partial charge in [-0.3, -0.25) is 0 Å². The Bertz CT molecular complexity index is 1810. The molecule has 2 spiro atoms. The quantitative estimate of drug-likeness (QED) is 0.143. The van der Waals surface area contributed by atoms with Gasteiger partial charge in [-0.2, -0.15) is 0 Å². The summed E-state index contributed by atoms with van der Waals surface area (Å²) in [7, 11) is 0. The minimum Gasteiger partial charge on any atom is -0.392 e. The first-order valence-electron chi connectivity index (χ1n) is 27.5. The largest absolute Gasteiger partial charge is 0.392 e. The second kappa shape index (κ2) is 25.7. The summed E-state index contributed by atoms with van der Waals surface area (Å²) in [4.78, 5) is 0. The first-order valence-corrected chi connectivity index (χ1v) is 27.5. The second-order valence-corrected chi connectivity index (χ2v) is 23.4. The number of benzene rings is 3. The molecule has 378 valence electrons. The average molecular weight is 937 g/mol. The Hall–Kier alpha value is -2.62. The maximum Gasteiger partial charge on any atom is 0.0638 e. The molecule has 8 atom stereocenters. The van der Waals surface area contributed by atoms with Crippen LogP contribution in [0.4, 0.5) is 0 Å². The van der Waals surface area contributed by atoms with Gasteiger partial charge < -0.3 is 34.6 Å². The molecular weight excluding hydrogens is 845 g/mol. The molecule has 7 nitrogen and oxygen atoms in total. The van der Waals surface area contributed by atoms with Crippen LogP contribution in [0.25, 0.3) is 0 Å². The zero-order valence-corrected chi connectivity index (χ0v) is 42.8. The fourth-order valence-corrected chi connectivity index (χ4v) is 14.0. The molecule has 0 bridgehead atoms. The molecule has 3 aromatic carbocycles. The molecular formula is C61H92O7. The molecule has 0 aromatic heterocycles. The standard InChI is InChI=1S/C21H32O3.C20H30O3.C20H30O/c1-15(2)24-14-16-8-10-21(11-9-16)12-18(22)20(19(23)13-21)17-6-4-3-5-7-17;1-2-23-14-15-8-10-20(11-9-15)12-17(21)19(18(22)13-20)16-6-4-3-5-7-16;1-15(2)21-14-16-8-9-20-13-19(11-10-18(20)12-16)17-6-4-3-5-7-17/h3-7,15-16,18-20,22-23H,8-14H2,1-2H3;3-7,15,17-19,21-22H,2,8-14H2,1H3;3-7,15-16,18-20H,8-14H2,1-2H3. The van der Waals surface area contributed by atoms with Gasteiger partial charge in [0.1, 0.15) is 0 Å². The third kappa shape index (κ3) is 14.7. The van der Waals surface area contributed by atoms with Gasteiger partial charge >= 0.3 is 0 Å². The summed E-state index contributed by atoms with van der Waals surface area (Å²) < 4.78 is 17.2. The topological polar surface area (TPSA) is 109 Å². The van der Waals surface area contributed by atoms with Crippen molar-refractivity contribution in [3.8, 4) is 0 Å². The van der Waals surface area contributed by atoms with Crippen LogP contribution in [-0.4, -0.2) is 83.5 Å². The number of hydrogen-bond donors (Lipinski definition) is 4. The van der Waals surface area contributed by atoms with Crippen molar-refractivity contribution in [1.29, 1.82) is 0 Å². The van der Waals surface area contributed by atoms with Gasteiger partial charge in [-0.25, -0.2) is 0 Å². The molecule has 9 rings (SSSR count). The minimum atomic E-state index is -0.445. The number of aliphatic hydroxyl groups is 4. The number of ether oxygens (including phenoxy) is 3. The Morgan fingerprint density at radius 2 is 0.838 bits per heavy atom. The highest BCUT2D eigenvalue weighted by atomic mass is 16.5. The molecule has 6 saturated carbocycles. The van der Waals surface area contributed by atoms with Crippen LogP contribution in [0.5, 0.6) is 0 Å². The highest BCUT2D eigenvalue weighted by Gasteiger charge is 2.48. The summed E-state index contributed by atoms with van der Waals surface area (Å²) in [5.41, 5.74) is 3.95. The highest BCUT2D eigenvalue weighted by molar-refractivity contribution is 5.25. The van der Waals surface area contributed by atoms with Crippen LogP contribution < -0.4 is 0 Å². The zero-order chi connectivity index (χ0) is 48.1. The van der Waals surface area contributed by atoms with E-state index in [4.69, 9.17) is 14.2 Å². The minimum absolute atomic E-state index is 0.123. The van der Waals surface area contributed by atoms with Crippen molar-refractivity contribution in [3.63, 3.8) is 0 Å². The van der Waals surface area contributed by atoms with E-state index in [0.717, 1.165) is 138 Å². The molecule has 0 amide bonds. The Morgan fingerprint density at radius 3 is 1.26 bits per heavy atom. The van der Waals surface area contributed by atoms with E-state index in [1.54, 1.807) is 5.56 Å². The van der Waals surface area contributed by atoms with Gasteiger partial charge in [-0.05, 0) is 213 Å². The number of aliphatic hydroxyl groups excluding tert-OH is 4. The highest BCUT2D eigenvalue weighted by Crippen LogP contribution is 2.54. The lowest BCUT2D eigenvalue weighted by Gasteiger charge is -2.49. The summed E-state index contributed by atoms with van der Waals surface area (Å²) in [5.74, 6) is 4.60. The Kier molecular flexibility index (Phi) is 20.1. The van der Waals surface area contributed by atoms with Gasteiger partial charge in [0.25, 0.3) is 0 Å². The Balaban J connectivity index is 0.000000151. The Morgan fingerprint density at radius 1 is 0.456 bits per heavy atom. The van der Waals surface area contributed by atoms with Crippen molar-refractivity contribution in [2.45, 2.75) is 205 Å². The molecule has 3 aromatic rings. The van der Waals surface area contributed by atoms with Crippen molar-refractivity contribution in [2.24, 2.45) is 40.4 Å². The van der Waals surface area contributed by atoms with Gasteiger partial charge in [-0.1, -0.05) is 91.0 Å². The SMILES string of the molecule is CC(C)OCC1CCC2(CC1)CC(O)C(c1ccccc1)C(O)C2.CC(C)OCC1CCC2CC(c3ccccc3)CCC2C1.CCOCC1CCC2(CC1)CC(O)C(c1ccccc1)C(O)C2. The van der Waals surface area contributed by atoms with Crippen LogP contribution in [0.15, 0.2) is 91.0 Å². The molecule has 0 saturated heterocycles. The normalized spacial score (nSPS) is 36.0. The van der Waals surface area contributed by atoms with Crippen LogP contribution in [0.1, 0.15) is 185 Å². The van der Waals surface area contributed by atoms with E-state index in [9.17, 15) is 20.4 Å². The van der Waals surface area contributed by atoms with E-state index >= 15 is 0 Å². The van der Waals surface area contributed by atoms with Crippen LogP contribution in [0.3, 0.4) is 0 Å². The maximum atomic E-state index is 10.8. The summed E-state index contributed by atoms with van der Waals surface area (Å²) in [6.45, 7) is 14.0. The molecule has 4 N–H and O–H groups in total. The summed E-state index contributed by atoms with van der Waals surface area (Å²) in [5, 5.41) is 43.0. The third-order valence-corrected chi connectivity index (χ3v) is 17.8. The van der Waals surface area contributed by atoms with Crippen LogP contribution in [0.2, 0.25) is 0 Å². The monoisotopic (exact) mass is 937 g/mol. The zero-order valence-electron chi connectivity index (χ0n) is 42.8. The van der Waals surface area contributed by atoms with Crippen molar-refractivity contribution < 1.29 is 34.6 Å². The van der Waals surface area contributed by atoms with Crippen molar-refractivity contribution in [3.05, 3.63) is 108 Å². The molecule has 7 heteroatoms. The molecule has 0 heterocycles. The fraction of sp³-hybridized carbons (Fsp3) is 0.705. The molecule has 6 aliphatic carbocycles.